The Hall–Kier alpha value is -5.15. The molecular formula is C35H33N3. The molecule has 0 spiro atoms. The van der Waals surface area contributed by atoms with E-state index in [4.69, 9.17) is 5.10 Å². The summed E-state index contributed by atoms with van der Waals surface area (Å²) < 4.78 is 0. The van der Waals surface area contributed by atoms with E-state index in [-0.39, 0.29) is 0 Å². The van der Waals surface area contributed by atoms with Gasteiger partial charge in [-0.1, -0.05) is 111 Å². The molecule has 3 heteroatoms. The monoisotopic (exact) mass is 495 g/mol. The molecule has 0 aliphatic carbocycles. The van der Waals surface area contributed by atoms with Gasteiger partial charge in [0.15, 0.2) is 0 Å². The zero-order chi connectivity index (χ0) is 27.0. The predicted molar refractivity (Wildman–Crippen MR) is 167 cm³/mol. The highest BCUT2D eigenvalue weighted by Crippen LogP contribution is 2.30. The Morgan fingerprint density at radius 2 is 1.05 bits per heavy atom. The molecule has 0 bridgehead atoms. The number of benzene rings is 3. The lowest BCUT2D eigenvalue weighted by molar-refractivity contribution is 1.03. The van der Waals surface area contributed by atoms with Gasteiger partial charge >= 0.3 is 0 Å². The highest BCUT2D eigenvalue weighted by atomic mass is 15.5. The van der Waals surface area contributed by atoms with E-state index in [1.807, 2.05) is 96.2 Å². The summed E-state index contributed by atoms with van der Waals surface area (Å²) in [5.74, 6) is 0. The third kappa shape index (κ3) is 7.67. The number of hydrazone groups is 1. The maximum atomic E-state index is 4.82. The van der Waals surface area contributed by atoms with Crippen LogP contribution in [-0.4, -0.2) is 6.21 Å². The van der Waals surface area contributed by atoms with E-state index in [1.54, 1.807) is 24.3 Å². The Balaban J connectivity index is 1.99. The maximum Gasteiger partial charge on any atom is 0.0652 e. The lowest BCUT2D eigenvalue weighted by Gasteiger charge is -2.26. The Morgan fingerprint density at radius 3 is 1.61 bits per heavy atom. The first kappa shape index (κ1) is 27.4. The van der Waals surface area contributed by atoms with Gasteiger partial charge in [-0.3, -0.25) is 0 Å². The molecule has 0 aliphatic rings. The normalized spacial score (nSPS) is 12.1. The first-order valence-corrected chi connectivity index (χ1v) is 12.3. The molecule has 3 aromatic rings. The molecule has 0 heterocycles. The molecular weight excluding hydrogens is 462 g/mol. The lowest BCUT2D eigenvalue weighted by atomic mass is 10.1. The van der Waals surface area contributed by atoms with Crippen LogP contribution in [0.15, 0.2) is 189 Å². The van der Waals surface area contributed by atoms with Gasteiger partial charge in [-0.15, -0.1) is 0 Å². The summed E-state index contributed by atoms with van der Waals surface area (Å²) >= 11 is 0. The molecule has 0 unspecified atom stereocenters. The third-order valence-electron chi connectivity index (χ3n) is 5.37. The van der Waals surface area contributed by atoms with Crippen molar-refractivity contribution >= 4 is 23.3 Å². The maximum absolute atomic E-state index is 4.82. The molecule has 0 fully saturated rings. The van der Waals surface area contributed by atoms with Crippen LogP contribution < -0.4 is 9.91 Å². The van der Waals surface area contributed by atoms with Crippen molar-refractivity contribution in [2.75, 3.05) is 9.91 Å². The van der Waals surface area contributed by atoms with Gasteiger partial charge in [0.25, 0.3) is 0 Å². The van der Waals surface area contributed by atoms with Gasteiger partial charge in [0, 0.05) is 17.1 Å². The molecule has 0 saturated heterocycles. The largest absolute Gasteiger partial charge is 0.311 e. The first-order chi connectivity index (χ1) is 18.7. The Kier molecular flexibility index (Phi) is 10.9. The second-order valence-electron chi connectivity index (χ2n) is 8.00. The first-order valence-electron chi connectivity index (χ1n) is 12.3. The number of allylic oxidation sites excluding steroid dienone is 10. The molecule has 0 atom stereocenters. The van der Waals surface area contributed by atoms with Gasteiger partial charge in [0.2, 0.25) is 0 Å². The van der Waals surface area contributed by atoms with Crippen molar-refractivity contribution in [2.24, 2.45) is 5.10 Å². The number of rotatable bonds is 13. The van der Waals surface area contributed by atoms with Crippen molar-refractivity contribution in [1.82, 2.24) is 0 Å². The molecule has 3 nitrogen and oxygen atoms in total. The molecule has 0 N–H and O–H groups in total. The van der Waals surface area contributed by atoms with Crippen LogP contribution in [0.3, 0.4) is 0 Å². The molecule has 3 rings (SSSR count). The molecule has 3 aromatic carbocycles. The third-order valence-corrected chi connectivity index (χ3v) is 5.37. The summed E-state index contributed by atoms with van der Waals surface area (Å²) in [7, 11) is 0. The van der Waals surface area contributed by atoms with Crippen LogP contribution in [0.4, 0.5) is 17.1 Å². The van der Waals surface area contributed by atoms with Crippen molar-refractivity contribution in [3.63, 3.8) is 0 Å². The van der Waals surface area contributed by atoms with E-state index in [0.717, 1.165) is 34.0 Å². The summed E-state index contributed by atoms with van der Waals surface area (Å²) in [6.45, 7) is 15.4. The fourth-order valence-corrected chi connectivity index (χ4v) is 3.69. The van der Waals surface area contributed by atoms with Gasteiger partial charge in [-0.25, -0.2) is 5.01 Å². The Bertz CT molecular complexity index is 1360. The van der Waals surface area contributed by atoms with Crippen LogP contribution >= 0.6 is 0 Å². The van der Waals surface area contributed by atoms with E-state index >= 15 is 0 Å². The number of anilines is 3. The second-order valence-corrected chi connectivity index (χ2v) is 8.00. The molecule has 0 amide bonds. The molecule has 0 saturated carbocycles. The highest BCUT2D eigenvalue weighted by Gasteiger charge is 2.13. The minimum Gasteiger partial charge on any atom is -0.311 e. The Labute approximate surface area is 227 Å². The number of nitrogens with zero attached hydrogens (tertiary/aromatic N) is 3. The van der Waals surface area contributed by atoms with Crippen molar-refractivity contribution in [3.8, 4) is 0 Å². The lowest BCUT2D eigenvalue weighted by Crippen LogP contribution is -2.15. The number of para-hydroxylation sites is 2. The van der Waals surface area contributed by atoms with E-state index in [2.05, 4.69) is 67.6 Å². The Morgan fingerprint density at radius 1 is 0.553 bits per heavy atom. The van der Waals surface area contributed by atoms with Gasteiger partial charge in [0.05, 0.1) is 17.6 Å². The summed E-state index contributed by atoms with van der Waals surface area (Å²) in [6, 6.07) is 28.5. The van der Waals surface area contributed by atoms with Crippen LogP contribution in [0.5, 0.6) is 0 Å². The summed E-state index contributed by atoms with van der Waals surface area (Å²) in [6.07, 6.45) is 20.5. The van der Waals surface area contributed by atoms with Crippen LogP contribution in [-0.2, 0) is 0 Å². The highest BCUT2D eigenvalue weighted by molar-refractivity contribution is 5.82. The fourth-order valence-electron chi connectivity index (χ4n) is 3.69. The SMILES string of the molecule is C=C/C=C\C(=C/C=C)N(/N=C/c1ccc(N(C(/C=C\C=C)=C/C=C)c2ccccc2)cc1)c1ccccc1. The van der Waals surface area contributed by atoms with Gasteiger partial charge in [-0.2, -0.15) is 5.10 Å². The van der Waals surface area contributed by atoms with Crippen LogP contribution in [0.1, 0.15) is 5.56 Å². The standard InChI is InChI=1S/C35H33N3/c1-5-9-19-31(17-7-3)37(32-21-13-11-14-22-32)33-27-25-30(26-28-33)29-36-38(35-23-15-12-16-24-35)34(18-8-4)20-10-6-2/h5-29H,1-4H2/b19-9-,20-10-,31-17+,34-18+,36-29+. The molecule has 38 heavy (non-hydrogen) atoms. The minimum atomic E-state index is 0.863. The quantitative estimate of drug-likeness (QED) is 0.134. The van der Waals surface area contributed by atoms with Gasteiger partial charge < -0.3 is 4.90 Å². The summed E-state index contributed by atoms with van der Waals surface area (Å²) in [5, 5.41) is 6.69. The second kappa shape index (κ2) is 15.1. The predicted octanol–water partition coefficient (Wildman–Crippen LogP) is 9.29. The van der Waals surface area contributed by atoms with Gasteiger partial charge in [-0.05, 0) is 66.3 Å². The van der Waals surface area contributed by atoms with Crippen LogP contribution in [0, 0.1) is 0 Å². The zero-order valence-electron chi connectivity index (χ0n) is 21.6. The summed E-state index contributed by atoms with van der Waals surface area (Å²) in [5.41, 5.74) is 5.78. The van der Waals surface area contributed by atoms with Crippen LogP contribution in [0.2, 0.25) is 0 Å². The van der Waals surface area contributed by atoms with E-state index in [0.29, 0.717) is 0 Å². The summed E-state index contributed by atoms with van der Waals surface area (Å²) in [4.78, 5) is 2.17. The van der Waals surface area contributed by atoms with Crippen molar-refractivity contribution in [1.29, 1.82) is 0 Å². The molecule has 188 valence electrons. The molecule has 0 aromatic heterocycles. The average molecular weight is 496 g/mol. The smallest absolute Gasteiger partial charge is 0.0652 e. The van der Waals surface area contributed by atoms with Crippen LogP contribution in [0.25, 0.3) is 0 Å². The molecule has 0 radical (unpaired) electrons. The fraction of sp³-hybridized carbons (Fsp3) is 0. The van der Waals surface area contributed by atoms with Crippen molar-refractivity contribution < 1.29 is 0 Å². The minimum absolute atomic E-state index is 0.863. The topological polar surface area (TPSA) is 18.8 Å². The van der Waals surface area contributed by atoms with E-state index in [1.165, 1.54) is 0 Å². The number of hydrogen-bond acceptors (Lipinski definition) is 3. The van der Waals surface area contributed by atoms with Gasteiger partial charge in [0.1, 0.15) is 0 Å². The zero-order valence-corrected chi connectivity index (χ0v) is 21.6. The van der Waals surface area contributed by atoms with E-state index in [9.17, 15) is 0 Å². The molecule has 0 aliphatic heterocycles. The number of hydrogen-bond donors (Lipinski definition) is 0. The van der Waals surface area contributed by atoms with Crippen molar-refractivity contribution in [3.05, 3.63) is 189 Å². The van der Waals surface area contributed by atoms with Crippen molar-refractivity contribution in [2.45, 2.75) is 0 Å². The average Bonchev–Trinajstić information content (AvgIpc) is 2.96. The van der Waals surface area contributed by atoms with E-state index < -0.39 is 0 Å².